The van der Waals surface area contributed by atoms with Crippen molar-refractivity contribution in [3.8, 4) is 11.1 Å². The first-order valence-electron chi connectivity index (χ1n) is 17.5. The Morgan fingerprint density at radius 2 is 1.49 bits per heavy atom. The SMILES string of the molecule is CC1(C)c2cc(-c3cccc(C4=CCCC(C5=NC(C6C=CC=CC6)=NC(C6C=CC=CC6)=CC5)=C4)c3)ccc2C2C=CC=CC21C. The monoisotopic (exact) mass is 612 g/mol. The van der Waals surface area contributed by atoms with Crippen LogP contribution < -0.4 is 0 Å². The first kappa shape index (κ1) is 29.8. The molecule has 1 heterocycles. The van der Waals surface area contributed by atoms with Crippen molar-refractivity contribution in [2.45, 2.75) is 64.2 Å². The van der Waals surface area contributed by atoms with Gasteiger partial charge in [0.1, 0.15) is 5.84 Å². The molecule has 0 aromatic heterocycles. The highest BCUT2D eigenvalue weighted by Crippen LogP contribution is 2.61. The number of hydrogen-bond acceptors (Lipinski definition) is 2. The standard InChI is InChI=1S/C45H44N2/c1-44(2)40-30-36(23-24-38(40)39-22-10-11-27-45(39,44)3)34-19-12-18-33(28-34)35-20-13-21-37(29-35)42-26-25-41(31-14-6-4-7-15-31)46-43(47-42)32-16-8-5-9-17-32/h4-12,14,16,18-20,22-25,27-32,39H,13,15,17,21,26H2,1-3H3. The molecule has 0 fully saturated rings. The van der Waals surface area contributed by atoms with E-state index in [1.807, 2.05) is 0 Å². The summed E-state index contributed by atoms with van der Waals surface area (Å²) in [5, 5.41) is 0. The number of fused-ring (bicyclic) bond motifs is 3. The van der Waals surface area contributed by atoms with E-state index in [1.54, 1.807) is 0 Å². The summed E-state index contributed by atoms with van der Waals surface area (Å²) in [7, 11) is 0. The number of aliphatic imine (C=N–C) groups is 2. The zero-order chi connectivity index (χ0) is 32.0. The second kappa shape index (κ2) is 11.9. The minimum atomic E-state index is 0.0506. The molecule has 0 N–H and O–H groups in total. The van der Waals surface area contributed by atoms with E-state index < -0.39 is 0 Å². The summed E-state index contributed by atoms with van der Waals surface area (Å²) in [6.07, 6.45) is 38.8. The van der Waals surface area contributed by atoms with Gasteiger partial charge in [0.05, 0.1) is 0 Å². The van der Waals surface area contributed by atoms with Crippen LogP contribution in [0.2, 0.25) is 0 Å². The van der Waals surface area contributed by atoms with Crippen molar-refractivity contribution in [3.63, 3.8) is 0 Å². The topological polar surface area (TPSA) is 24.7 Å². The van der Waals surface area contributed by atoms with Gasteiger partial charge in [-0.2, -0.15) is 0 Å². The largest absolute Gasteiger partial charge is 0.237 e. The van der Waals surface area contributed by atoms with Crippen LogP contribution in [0.15, 0.2) is 155 Å². The van der Waals surface area contributed by atoms with Gasteiger partial charge in [0.15, 0.2) is 0 Å². The van der Waals surface area contributed by atoms with Gasteiger partial charge in [-0.1, -0.05) is 142 Å². The maximum atomic E-state index is 5.33. The second-order valence-corrected chi connectivity index (χ2v) is 14.6. The lowest BCUT2D eigenvalue weighted by Gasteiger charge is -2.41. The summed E-state index contributed by atoms with van der Waals surface area (Å²) < 4.78 is 0. The summed E-state index contributed by atoms with van der Waals surface area (Å²) in [4.78, 5) is 10.6. The van der Waals surface area contributed by atoms with Gasteiger partial charge in [-0.05, 0) is 82.2 Å². The highest BCUT2D eigenvalue weighted by atomic mass is 15.0. The van der Waals surface area contributed by atoms with E-state index in [0.717, 1.165) is 49.3 Å². The molecule has 2 nitrogen and oxygen atoms in total. The second-order valence-electron chi connectivity index (χ2n) is 14.6. The number of amidine groups is 1. The lowest BCUT2D eigenvalue weighted by Crippen LogP contribution is -2.36. The zero-order valence-electron chi connectivity index (χ0n) is 27.9. The molecule has 0 saturated heterocycles. The Labute approximate surface area is 280 Å². The normalized spacial score (nSPS) is 28.5. The van der Waals surface area contributed by atoms with Crippen molar-refractivity contribution in [3.05, 3.63) is 162 Å². The highest BCUT2D eigenvalue weighted by molar-refractivity contribution is 6.11. The average Bonchev–Trinajstić information content (AvgIpc) is 3.25. The van der Waals surface area contributed by atoms with E-state index in [-0.39, 0.29) is 16.7 Å². The van der Waals surface area contributed by atoms with E-state index in [9.17, 15) is 0 Å². The number of rotatable bonds is 5. The molecule has 4 unspecified atom stereocenters. The number of hydrogen-bond donors (Lipinski definition) is 0. The van der Waals surface area contributed by atoms with E-state index in [4.69, 9.17) is 9.98 Å². The van der Waals surface area contributed by atoms with E-state index >= 15 is 0 Å². The van der Waals surface area contributed by atoms with Gasteiger partial charge >= 0.3 is 0 Å². The Morgan fingerprint density at radius 3 is 2.30 bits per heavy atom. The molecule has 0 spiro atoms. The Hall–Kier alpha value is -4.56. The van der Waals surface area contributed by atoms with Crippen LogP contribution in [0, 0.1) is 17.3 Å². The Kier molecular flexibility index (Phi) is 7.55. The van der Waals surface area contributed by atoms with Gasteiger partial charge < -0.3 is 0 Å². The maximum Gasteiger partial charge on any atom is 0.136 e. The van der Waals surface area contributed by atoms with Crippen molar-refractivity contribution in [1.82, 2.24) is 0 Å². The molecule has 8 rings (SSSR count). The van der Waals surface area contributed by atoms with Crippen LogP contribution in [0.5, 0.6) is 0 Å². The van der Waals surface area contributed by atoms with Gasteiger partial charge in [-0.15, -0.1) is 0 Å². The summed E-state index contributed by atoms with van der Waals surface area (Å²) in [5.41, 5.74) is 11.9. The lowest BCUT2D eigenvalue weighted by molar-refractivity contribution is 0.245. The van der Waals surface area contributed by atoms with Crippen LogP contribution in [-0.2, 0) is 5.41 Å². The molecule has 2 aromatic rings. The Bertz CT molecular complexity index is 1960. The molecule has 0 amide bonds. The van der Waals surface area contributed by atoms with Crippen molar-refractivity contribution in [1.29, 1.82) is 0 Å². The summed E-state index contributed by atoms with van der Waals surface area (Å²) in [6, 6.07) is 16.3. The predicted molar refractivity (Wildman–Crippen MR) is 200 cm³/mol. The molecule has 47 heavy (non-hydrogen) atoms. The fourth-order valence-corrected chi connectivity index (χ4v) is 8.37. The van der Waals surface area contributed by atoms with Crippen molar-refractivity contribution in [2.75, 3.05) is 0 Å². The summed E-state index contributed by atoms with van der Waals surface area (Å²) in [6.45, 7) is 7.27. The van der Waals surface area contributed by atoms with Crippen LogP contribution in [0.1, 0.15) is 75.5 Å². The molecule has 1 aliphatic heterocycles. The molecule has 234 valence electrons. The molecule has 2 aromatic carbocycles. The fraction of sp³-hybridized carbons (Fsp3) is 0.289. The number of nitrogens with zero attached hydrogens (tertiary/aromatic N) is 2. The third-order valence-corrected chi connectivity index (χ3v) is 11.6. The molecular weight excluding hydrogens is 569 g/mol. The van der Waals surface area contributed by atoms with Crippen LogP contribution in [0.3, 0.4) is 0 Å². The molecule has 0 saturated carbocycles. The number of allylic oxidation sites excluding steroid dienone is 16. The minimum absolute atomic E-state index is 0.0506. The molecule has 6 aliphatic rings. The predicted octanol–water partition coefficient (Wildman–Crippen LogP) is 11.4. The minimum Gasteiger partial charge on any atom is -0.237 e. The van der Waals surface area contributed by atoms with Gasteiger partial charge in [0, 0.05) is 41.0 Å². The molecule has 0 bridgehead atoms. The van der Waals surface area contributed by atoms with Gasteiger partial charge in [-0.25, -0.2) is 9.98 Å². The summed E-state index contributed by atoms with van der Waals surface area (Å²) >= 11 is 0. The average molecular weight is 613 g/mol. The fourth-order valence-electron chi connectivity index (χ4n) is 8.37. The Balaban J connectivity index is 1.10. The van der Waals surface area contributed by atoms with E-state index in [2.05, 4.69) is 154 Å². The molecule has 4 atom stereocenters. The first-order chi connectivity index (χ1) is 22.9. The van der Waals surface area contributed by atoms with E-state index in [0.29, 0.717) is 11.8 Å². The maximum absolute atomic E-state index is 5.33. The van der Waals surface area contributed by atoms with Crippen LogP contribution in [-0.4, -0.2) is 11.5 Å². The number of benzene rings is 2. The van der Waals surface area contributed by atoms with Crippen LogP contribution >= 0.6 is 0 Å². The molecule has 0 radical (unpaired) electrons. The lowest BCUT2D eigenvalue weighted by atomic mass is 9.62. The molecule has 5 aliphatic carbocycles. The summed E-state index contributed by atoms with van der Waals surface area (Å²) in [5.74, 6) is 1.91. The third kappa shape index (κ3) is 5.28. The zero-order valence-corrected chi connectivity index (χ0v) is 27.9. The van der Waals surface area contributed by atoms with Crippen LogP contribution in [0.25, 0.3) is 16.7 Å². The highest BCUT2D eigenvalue weighted by Gasteiger charge is 2.53. The van der Waals surface area contributed by atoms with Crippen molar-refractivity contribution >= 4 is 17.1 Å². The third-order valence-electron chi connectivity index (χ3n) is 11.6. The van der Waals surface area contributed by atoms with Crippen LogP contribution in [0.4, 0.5) is 0 Å². The van der Waals surface area contributed by atoms with Crippen molar-refractivity contribution < 1.29 is 0 Å². The van der Waals surface area contributed by atoms with Gasteiger partial charge in [-0.3, -0.25) is 0 Å². The van der Waals surface area contributed by atoms with E-state index in [1.165, 1.54) is 39.0 Å². The smallest absolute Gasteiger partial charge is 0.136 e. The van der Waals surface area contributed by atoms with Gasteiger partial charge in [0.2, 0.25) is 0 Å². The molecule has 2 heteroatoms. The quantitative estimate of drug-likeness (QED) is 0.321. The molecular formula is C45H44N2. The first-order valence-corrected chi connectivity index (χ1v) is 17.5. The van der Waals surface area contributed by atoms with Crippen molar-refractivity contribution in [2.24, 2.45) is 27.2 Å². The Morgan fingerprint density at radius 1 is 0.723 bits per heavy atom. The van der Waals surface area contributed by atoms with Gasteiger partial charge in [0.25, 0.3) is 0 Å².